The summed E-state index contributed by atoms with van der Waals surface area (Å²) in [6.45, 7) is 0. The van der Waals surface area contributed by atoms with Crippen molar-refractivity contribution < 1.29 is 4.79 Å². The number of nitrogens with zero attached hydrogens (tertiary/aromatic N) is 2. The zero-order valence-electron chi connectivity index (χ0n) is 10.9. The number of rotatable bonds is 3. The van der Waals surface area contributed by atoms with Crippen LogP contribution in [0.3, 0.4) is 0 Å². The Labute approximate surface area is 134 Å². The highest BCUT2D eigenvalue weighted by molar-refractivity contribution is 8.03. The van der Waals surface area contributed by atoms with Gasteiger partial charge in [-0.2, -0.15) is 0 Å². The molecule has 2 aliphatic rings. The van der Waals surface area contributed by atoms with Gasteiger partial charge in [0.15, 0.2) is 0 Å². The van der Waals surface area contributed by atoms with Gasteiger partial charge in [0, 0.05) is 17.2 Å². The smallest absolute Gasteiger partial charge is 0.236 e. The van der Waals surface area contributed by atoms with Crippen LogP contribution in [0.25, 0.3) is 10.2 Å². The van der Waals surface area contributed by atoms with Crippen LogP contribution in [-0.2, 0) is 4.79 Å². The SMILES string of the molecule is O=C1NC(CSc2ncnc3sccc23)NC2C=CSC12. The molecule has 1 amide bonds. The summed E-state index contributed by atoms with van der Waals surface area (Å²) in [7, 11) is 0. The van der Waals surface area contributed by atoms with E-state index in [9.17, 15) is 4.79 Å². The third-order valence-corrected chi connectivity index (χ3v) is 6.45. The Morgan fingerprint density at radius 1 is 1.38 bits per heavy atom. The van der Waals surface area contributed by atoms with Crippen molar-refractivity contribution in [2.45, 2.75) is 22.5 Å². The van der Waals surface area contributed by atoms with E-state index in [1.165, 1.54) is 0 Å². The molecule has 0 radical (unpaired) electrons. The van der Waals surface area contributed by atoms with Crippen molar-refractivity contribution in [2.75, 3.05) is 5.75 Å². The molecule has 21 heavy (non-hydrogen) atoms. The van der Waals surface area contributed by atoms with Gasteiger partial charge in [0.05, 0.1) is 6.17 Å². The summed E-state index contributed by atoms with van der Waals surface area (Å²) in [5.41, 5.74) is 0. The molecule has 0 spiro atoms. The molecule has 4 rings (SSSR count). The van der Waals surface area contributed by atoms with Crippen LogP contribution in [0, 0.1) is 0 Å². The van der Waals surface area contributed by atoms with Crippen molar-refractivity contribution in [3.63, 3.8) is 0 Å². The number of carbonyl (C=O) groups is 1. The minimum atomic E-state index is -0.0317. The van der Waals surface area contributed by atoms with Crippen molar-refractivity contribution in [1.82, 2.24) is 20.6 Å². The second-order valence-corrected chi connectivity index (χ2v) is 7.72. The molecule has 5 nitrogen and oxygen atoms in total. The first-order chi connectivity index (χ1) is 10.3. The van der Waals surface area contributed by atoms with E-state index in [1.54, 1.807) is 41.2 Å². The fourth-order valence-corrected chi connectivity index (χ4v) is 5.13. The lowest BCUT2D eigenvalue weighted by molar-refractivity contribution is -0.123. The summed E-state index contributed by atoms with van der Waals surface area (Å²) in [5.74, 6) is 0.859. The van der Waals surface area contributed by atoms with Crippen LogP contribution in [0.4, 0.5) is 0 Å². The van der Waals surface area contributed by atoms with Crippen molar-refractivity contribution in [3.8, 4) is 0 Å². The third-order valence-electron chi connectivity index (χ3n) is 3.42. The van der Waals surface area contributed by atoms with E-state index < -0.39 is 0 Å². The normalized spacial score (nSPS) is 27.8. The fraction of sp³-hybridized carbons (Fsp3) is 0.308. The molecular formula is C13H12N4OS3. The summed E-state index contributed by atoms with van der Waals surface area (Å²) in [6.07, 6.45) is 3.63. The van der Waals surface area contributed by atoms with E-state index in [1.807, 2.05) is 16.9 Å². The largest absolute Gasteiger partial charge is 0.339 e. The summed E-state index contributed by atoms with van der Waals surface area (Å²) in [6, 6.07) is 2.18. The predicted octanol–water partition coefficient (Wildman–Crippen LogP) is 1.83. The highest BCUT2D eigenvalue weighted by Crippen LogP contribution is 2.30. The molecule has 2 aromatic heterocycles. The molecule has 1 saturated heterocycles. The van der Waals surface area contributed by atoms with Gasteiger partial charge in [0.1, 0.15) is 21.4 Å². The minimum absolute atomic E-state index is 0.0196. The highest BCUT2D eigenvalue weighted by Gasteiger charge is 2.37. The minimum Gasteiger partial charge on any atom is -0.339 e. The topological polar surface area (TPSA) is 66.9 Å². The van der Waals surface area contributed by atoms with Gasteiger partial charge in [-0.15, -0.1) is 34.9 Å². The van der Waals surface area contributed by atoms with Crippen LogP contribution in [0.5, 0.6) is 0 Å². The van der Waals surface area contributed by atoms with E-state index in [4.69, 9.17) is 0 Å². The van der Waals surface area contributed by atoms with Crippen molar-refractivity contribution in [1.29, 1.82) is 0 Å². The molecule has 2 aromatic rings. The van der Waals surface area contributed by atoms with Crippen molar-refractivity contribution in [3.05, 3.63) is 29.3 Å². The van der Waals surface area contributed by atoms with Gasteiger partial charge in [-0.1, -0.05) is 6.08 Å². The summed E-state index contributed by atoms with van der Waals surface area (Å²) in [5, 5.41) is 12.5. The average molecular weight is 336 g/mol. The van der Waals surface area contributed by atoms with Crippen molar-refractivity contribution in [2.24, 2.45) is 0 Å². The standard InChI is InChI=1S/C13H12N4OS3/c18-11-10-8(2-4-19-10)16-9(17-11)5-21-13-7-1-3-20-12(7)14-6-15-13/h1-4,6,8-10,16H,5H2,(H,17,18). The number of amides is 1. The molecule has 3 unspecified atom stereocenters. The van der Waals surface area contributed by atoms with Gasteiger partial charge in [0.25, 0.3) is 0 Å². The molecule has 0 aliphatic carbocycles. The number of hydrogen-bond acceptors (Lipinski definition) is 7. The lowest BCUT2D eigenvalue weighted by Crippen LogP contribution is -2.62. The van der Waals surface area contributed by atoms with Crippen LogP contribution in [-0.4, -0.2) is 39.1 Å². The van der Waals surface area contributed by atoms with Crippen LogP contribution in [0.15, 0.2) is 34.3 Å². The maximum Gasteiger partial charge on any atom is 0.236 e. The van der Waals surface area contributed by atoms with Gasteiger partial charge in [-0.3, -0.25) is 10.1 Å². The first-order valence-corrected chi connectivity index (χ1v) is 9.31. The lowest BCUT2D eigenvalue weighted by atomic mass is 10.1. The van der Waals surface area contributed by atoms with Crippen LogP contribution < -0.4 is 10.6 Å². The molecule has 0 bridgehead atoms. The molecular weight excluding hydrogens is 324 g/mol. The van der Waals surface area contributed by atoms with E-state index in [2.05, 4.69) is 26.7 Å². The molecule has 8 heteroatoms. The molecule has 2 aliphatic heterocycles. The molecule has 1 fully saturated rings. The van der Waals surface area contributed by atoms with E-state index >= 15 is 0 Å². The van der Waals surface area contributed by atoms with Gasteiger partial charge in [0.2, 0.25) is 5.91 Å². The van der Waals surface area contributed by atoms with Crippen LogP contribution in [0.1, 0.15) is 0 Å². The van der Waals surface area contributed by atoms with Gasteiger partial charge >= 0.3 is 0 Å². The maximum atomic E-state index is 12.0. The Kier molecular flexibility index (Phi) is 3.62. The monoisotopic (exact) mass is 336 g/mol. The quantitative estimate of drug-likeness (QED) is 0.658. The number of hydrogen-bond donors (Lipinski definition) is 2. The van der Waals surface area contributed by atoms with Crippen LogP contribution >= 0.6 is 34.9 Å². The van der Waals surface area contributed by atoms with Crippen molar-refractivity contribution >= 4 is 51.0 Å². The molecule has 108 valence electrons. The number of thioether (sulfide) groups is 2. The molecule has 2 N–H and O–H groups in total. The number of nitrogens with one attached hydrogen (secondary N) is 2. The molecule has 0 aromatic carbocycles. The summed E-state index contributed by atoms with van der Waals surface area (Å²) >= 11 is 4.83. The predicted molar refractivity (Wildman–Crippen MR) is 87.5 cm³/mol. The Morgan fingerprint density at radius 3 is 3.29 bits per heavy atom. The van der Waals surface area contributed by atoms with E-state index in [0.29, 0.717) is 0 Å². The molecule has 3 atom stereocenters. The molecule has 0 saturated carbocycles. The first kappa shape index (κ1) is 13.6. The summed E-state index contributed by atoms with van der Waals surface area (Å²) < 4.78 is 0. The Balaban J connectivity index is 1.46. The zero-order valence-corrected chi connectivity index (χ0v) is 13.3. The zero-order chi connectivity index (χ0) is 14.2. The van der Waals surface area contributed by atoms with E-state index in [0.717, 1.165) is 21.0 Å². The molecule has 4 heterocycles. The first-order valence-electron chi connectivity index (χ1n) is 6.51. The third kappa shape index (κ3) is 2.57. The second-order valence-electron chi connectivity index (χ2n) is 4.77. The van der Waals surface area contributed by atoms with Crippen LogP contribution in [0.2, 0.25) is 0 Å². The number of fused-ring (bicyclic) bond motifs is 2. The number of carbonyl (C=O) groups excluding carboxylic acids is 1. The maximum absolute atomic E-state index is 12.0. The number of aromatic nitrogens is 2. The fourth-order valence-electron chi connectivity index (χ4n) is 2.43. The lowest BCUT2D eigenvalue weighted by Gasteiger charge is -2.32. The number of thiophene rings is 1. The van der Waals surface area contributed by atoms with Gasteiger partial charge in [-0.05, 0) is 16.9 Å². The summed E-state index contributed by atoms with van der Waals surface area (Å²) in [4.78, 5) is 21.6. The second kappa shape index (κ2) is 5.60. The van der Waals surface area contributed by atoms with E-state index in [-0.39, 0.29) is 23.4 Å². The Hall–Kier alpha value is -1.09. The Morgan fingerprint density at radius 2 is 2.33 bits per heavy atom. The van der Waals surface area contributed by atoms with Gasteiger partial charge < -0.3 is 5.32 Å². The van der Waals surface area contributed by atoms with Gasteiger partial charge in [-0.25, -0.2) is 9.97 Å². The highest BCUT2D eigenvalue weighted by atomic mass is 32.2. The Bertz CT molecular complexity index is 716. The average Bonchev–Trinajstić information content (AvgIpc) is 3.13.